The fourth-order valence-corrected chi connectivity index (χ4v) is 6.12. The van der Waals surface area contributed by atoms with Crippen molar-refractivity contribution in [3.05, 3.63) is 77.4 Å². The summed E-state index contributed by atoms with van der Waals surface area (Å²) in [5, 5.41) is 16.7. The van der Waals surface area contributed by atoms with Crippen LogP contribution in [-0.2, 0) is 19.9 Å². The number of hydrogen-bond acceptors (Lipinski definition) is 8. The van der Waals surface area contributed by atoms with Gasteiger partial charge >= 0.3 is 0 Å². The third-order valence-corrected chi connectivity index (χ3v) is 10.5. The number of allylic oxidation sites excluding steroid dienone is 2. The molecule has 3 rings (SSSR count). The summed E-state index contributed by atoms with van der Waals surface area (Å²) >= 11 is 1.76. The molecule has 0 saturated heterocycles. The van der Waals surface area contributed by atoms with Crippen LogP contribution in [0.15, 0.2) is 86.6 Å². The highest BCUT2D eigenvalue weighted by atomic mass is 127. The summed E-state index contributed by atoms with van der Waals surface area (Å²) in [6.45, 7) is 4.72. The van der Waals surface area contributed by atoms with Crippen LogP contribution in [0.3, 0.4) is 0 Å². The first-order chi connectivity index (χ1) is 17.0. The largest absolute Gasteiger partial charge is 0.507 e. The minimum absolute atomic E-state index is 0.0230. The van der Waals surface area contributed by atoms with E-state index in [1.54, 1.807) is 40.8 Å². The highest BCUT2D eigenvalue weighted by molar-refractivity contribution is 14.1. The van der Waals surface area contributed by atoms with Crippen LogP contribution >= 0.6 is 22.6 Å². The third kappa shape index (κ3) is 7.31. The molecule has 9 nitrogen and oxygen atoms in total. The summed E-state index contributed by atoms with van der Waals surface area (Å²) in [5.74, 6) is 1.58. The Labute approximate surface area is 225 Å². The zero-order valence-electron chi connectivity index (χ0n) is 20.0. The summed E-state index contributed by atoms with van der Waals surface area (Å²) in [7, 11) is -7.13. The Morgan fingerprint density at radius 3 is 2.25 bits per heavy atom. The lowest BCUT2D eigenvalue weighted by molar-refractivity contribution is 0.474. The van der Waals surface area contributed by atoms with Crippen molar-refractivity contribution < 1.29 is 21.9 Å². The number of unbranched alkanes of at least 4 members (excludes halogenated alkanes) is 1. The molecule has 1 aliphatic rings. The Morgan fingerprint density at radius 1 is 0.972 bits per heavy atom. The summed E-state index contributed by atoms with van der Waals surface area (Å²) < 4.78 is 51.3. The van der Waals surface area contributed by atoms with Crippen LogP contribution in [0.1, 0.15) is 32.3 Å². The summed E-state index contributed by atoms with van der Waals surface area (Å²) in [4.78, 5) is 4.72. The normalized spacial score (nSPS) is 14.0. The molecule has 2 aromatic carbocycles. The lowest BCUT2D eigenvalue weighted by atomic mass is 10.1. The summed E-state index contributed by atoms with van der Waals surface area (Å²) in [5.41, 5.74) is 2.26. The molecule has 0 radical (unpaired) electrons. The van der Waals surface area contributed by atoms with Crippen LogP contribution in [0, 0.1) is 0 Å². The molecule has 12 heteroatoms. The molecule has 0 bridgehead atoms. The first-order valence-corrected chi connectivity index (χ1v) is 15.8. The lowest BCUT2D eigenvalue weighted by Gasteiger charge is -2.21. The van der Waals surface area contributed by atoms with Gasteiger partial charge in [-0.15, -0.1) is 0 Å². The molecule has 2 aromatic rings. The van der Waals surface area contributed by atoms with Gasteiger partial charge in [0.2, 0.25) is 10.0 Å². The van der Waals surface area contributed by atoms with Crippen LogP contribution in [-0.4, -0.2) is 44.5 Å². The molecule has 0 amide bonds. The summed E-state index contributed by atoms with van der Waals surface area (Å²) in [6, 6.07) is 12.2. The van der Waals surface area contributed by atoms with Gasteiger partial charge in [-0.05, 0) is 68.7 Å². The van der Waals surface area contributed by atoms with Gasteiger partial charge < -0.3 is 15.7 Å². The molecular formula is C24H29IN4O5S2. The van der Waals surface area contributed by atoms with E-state index in [1.807, 2.05) is 26.0 Å². The number of phenols is 1. The van der Waals surface area contributed by atoms with Crippen molar-refractivity contribution in [2.75, 3.05) is 16.8 Å². The van der Waals surface area contributed by atoms with E-state index in [0.29, 0.717) is 36.5 Å². The minimum Gasteiger partial charge on any atom is -0.507 e. The number of benzene rings is 2. The quantitative estimate of drug-likeness (QED) is 0.167. The second-order valence-corrected chi connectivity index (χ2v) is 13.8. The maximum absolute atomic E-state index is 12.5. The predicted octanol–water partition coefficient (Wildman–Crippen LogP) is 3.39. The number of aromatic hydroxyl groups is 1. The van der Waals surface area contributed by atoms with Gasteiger partial charge in [-0.2, -0.15) is 0 Å². The van der Waals surface area contributed by atoms with E-state index in [0.717, 1.165) is 11.4 Å². The smallest absolute Gasteiger partial charge is 0.240 e. The van der Waals surface area contributed by atoms with E-state index >= 15 is 0 Å². The highest BCUT2D eigenvalue weighted by Gasteiger charge is 2.17. The fraction of sp³-hybridized carbons (Fsp3) is 0.292. The van der Waals surface area contributed by atoms with Gasteiger partial charge in [-0.25, -0.2) is 26.6 Å². The van der Waals surface area contributed by atoms with Crippen molar-refractivity contribution >= 4 is 48.2 Å². The molecule has 0 saturated carbocycles. The fourth-order valence-electron chi connectivity index (χ4n) is 3.29. The number of alkyl halides is 1. The third-order valence-electron chi connectivity index (χ3n) is 5.27. The molecule has 36 heavy (non-hydrogen) atoms. The Hall–Kier alpha value is -2.42. The molecule has 0 spiro atoms. The number of rotatable bonds is 11. The zero-order chi connectivity index (χ0) is 26.3. The molecule has 0 unspecified atom stereocenters. The van der Waals surface area contributed by atoms with Crippen molar-refractivity contribution in [1.29, 1.82) is 0 Å². The van der Waals surface area contributed by atoms with E-state index < -0.39 is 19.9 Å². The Bertz CT molecular complexity index is 1400. The first-order valence-electron chi connectivity index (χ1n) is 11.2. The molecule has 0 aromatic heterocycles. The van der Waals surface area contributed by atoms with Crippen LogP contribution in [0.2, 0.25) is 0 Å². The average molecular weight is 645 g/mol. The molecule has 1 aliphatic heterocycles. The zero-order valence-corrected chi connectivity index (χ0v) is 23.7. The van der Waals surface area contributed by atoms with E-state index in [1.165, 1.54) is 24.3 Å². The molecular weight excluding hydrogens is 615 g/mol. The van der Waals surface area contributed by atoms with E-state index in [4.69, 9.17) is 0 Å². The standard InChI is InChI=1S/C24H29IN4O5S2/c1-17(2)24-28-21(20-7-3-4-8-22(20)30)15-23(29-24)26-13-5-6-14-27-36(33,34)19-11-9-18(10-12-19)35(31,32)16-25/h3-4,7-12,15,26-27,29-30H,5-6,13-14,16H2,1-2H3. The topological polar surface area (TPSA) is 137 Å². The average Bonchev–Trinajstić information content (AvgIpc) is 2.86. The van der Waals surface area contributed by atoms with Crippen molar-refractivity contribution in [3.63, 3.8) is 0 Å². The van der Waals surface area contributed by atoms with E-state index in [2.05, 4.69) is 20.3 Å². The van der Waals surface area contributed by atoms with E-state index in [-0.39, 0.29) is 25.8 Å². The highest BCUT2D eigenvalue weighted by Crippen LogP contribution is 2.21. The Morgan fingerprint density at radius 2 is 1.61 bits per heavy atom. The van der Waals surface area contributed by atoms with Crippen molar-refractivity contribution in [2.45, 2.75) is 36.5 Å². The Balaban J connectivity index is 1.52. The molecule has 4 N–H and O–H groups in total. The number of phenolic OH excluding ortho intramolecular Hbond substituents is 1. The number of aliphatic imine (C=N–C) groups is 1. The van der Waals surface area contributed by atoms with Gasteiger partial charge in [-0.3, -0.25) is 0 Å². The number of sulfone groups is 1. The van der Waals surface area contributed by atoms with Crippen LogP contribution in [0.4, 0.5) is 0 Å². The second kappa shape index (κ2) is 12.2. The van der Waals surface area contributed by atoms with Crippen LogP contribution in [0.5, 0.6) is 5.75 Å². The second-order valence-electron chi connectivity index (χ2n) is 8.27. The molecule has 194 valence electrons. The van der Waals surface area contributed by atoms with Crippen LogP contribution in [0.25, 0.3) is 0 Å². The maximum atomic E-state index is 12.5. The van der Waals surface area contributed by atoms with Gasteiger partial charge in [-0.1, -0.05) is 34.7 Å². The van der Waals surface area contributed by atoms with Crippen molar-refractivity contribution in [1.82, 2.24) is 15.4 Å². The number of hydrogen-bond donors (Lipinski definition) is 4. The van der Waals surface area contributed by atoms with Gasteiger partial charge in [0.15, 0.2) is 9.84 Å². The molecule has 1 heterocycles. The number of halogens is 1. The number of nitrogens with zero attached hydrogens (tertiary/aromatic N) is 1. The Kier molecular flexibility index (Phi) is 9.55. The maximum Gasteiger partial charge on any atom is 0.240 e. The first kappa shape index (κ1) is 28.2. The molecule has 0 aliphatic carbocycles. The number of para-hydroxylation sites is 1. The monoisotopic (exact) mass is 644 g/mol. The molecule has 0 atom stereocenters. The van der Waals surface area contributed by atoms with Crippen LogP contribution < -0.4 is 15.4 Å². The SMILES string of the molecule is CC(C)=C1N=C(c2ccccc2O)C=C(NCCCCNS(=O)(=O)c2ccc(S(=O)(=O)CI)cc2)N1. The van der Waals surface area contributed by atoms with Gasteiger partial charge in [0.25, 0.3) is 0 Å². The van der Waals surface area contributed by atoms with Gasteiger partial charge in [0, 0.05) is 24.7 Å². The number of sulfonamides is 1. The van der Waals surface area contributed by atoms with Crippen molar-refractivity contribution in [2.24, 2.45) is 4.99 Å². The summed E-state index contributed by atoms with van der Waals surface area (Å²) in [6.07, 6.45) is 3.12. The van der Waals surface area contributed by atoms with Gasteiger partial charge in [0.1, 0.15) is 21.2 Å². The molecule has 0 fully saturated rings. The minimum atomic E-state index is -3.73. The predicted molar refractivity (Wildman–Crippen MR) is 149 cm³/mol. The van der Waals surface area contributed by atoms with Gasteiger partial charge in [0.05, 0.1) is 15.5 Å². The number of nitrogens with one attached hydrogen (secondary N) is 3. The lowest BCUT2D eigenvalue weighted by Crippen LogP contribution is -2.31. The van der Waals surface area contributed by atoms with E-state index in [9.17, 15) is 21.9 Å². The van der Waals surface area contributed by atoms with Crippen molar-refractivity contribution in [3.8, 4) is 5.75 Å².